The Morgan fingerprint density at radius 2 is 1.75 bits per heavy atom. The molecule has 0 radical (unpaired) electrons. The van der Waals surface area contributed by atoms with Gasteiger partial charge in [-0.05, 0) is 19.4 Å². The van der Waals surface area contributed by atoms with Crippen molar-refractivity contribution in [3.63, 3.8) is 0 Å². The maximum atomic E-state index is 11.5. The van der Waals surface area contributed by atoms with Gasteiger partial charge in [0.1, 0.15) is 0 Å². The maximum absolute atomic E-state index is 11.5. The summed E-state index contributed by atoms with van der Waals surface area (Å²) in [5.41, 5.74) is 0. The van der Waals surface area contributed by atoms with Crippen LogP contribution in [0, 0.1) is 5.92 Å². The summed E-state index contributed by atoms with van der Waals surface area (Å²) in [6, 6.07) is 0.556. The highest BCUT2D eigenvalue weighted by Gasteiger charge is 2.11. The molecule has 98 valence electrons. The van der Waals surface area contributed by atoms with Crippen LogP contribution in [-0.2, 0) is 4.79 Å². The van der Waals surface area contributed by atoms with Gasteiger partial charge in [0.15, 0.2) is 0 Å². The molecule has 0 aliphatic rings. The Kier molecular flexibility index (Phi) is 10.7. The van der Waals surface area contributed by atoms with Crippen LogP contribution in [0.3, 0.4) is 0 Å². The van der Waals surface area contributed by atoms with Crippen LogP contribution in [0.4, 0.5) is 0 Å². The highest BCUT2D eigenvalue weighted by molar-refractivity contribution is 5.77. The van der Waals surface area contributed by atoms with Gasteiger partial charge in [-0.3, -0.25) is 4.79 Å². The van der Waals surface area contributed by atoms with Gasteiger partial charge in [0, 0.05) is 25.6 Å². The molecule has 0 spiro atoms. The molecule has 0 saturated heterocycles. The van der Waals surface area contributed by atoms with E-state index in [1.165, 1.54) is 0 Å². The van der Waals surface area contributed by atoms with E-state index in [0.717, 1.165) is 25.9 Å². The van der Waals surface area contributed by atoms with E-state index in [-0.39, 0.29) is 19.3 Å². The van der Waals surface area contributed by atoms with Crippen LogP contribution in [-0.4, -0.2) is 37.0 Å². The van der Waals surface area contributed by atoms with Gasteiger partial charge in [-0.15, -0.1) is 0 Å². The zero-order chi connectivity index (χ0) is 11.8. The summed E-state index contributed by atoms with van der Waals surface area (Å²) in [6.45, 7) is 10.1. The second kappa shape index (κ2) is 9.64. The molecular formula is C13H30N2O. The Morgan fingerprint density at radius 3 is 2.19 bits per heavy atom. The molecule has 1 N–H and O–H groups in total. The van der Waals surface area contributed by atoms with E-state index < -0.39 is 0 Å². The van der Waals surface area contributed by atoms with Crippen molar-refractivity contribution < 1.29 is 4.79 Å². The van der Waals surface area contributed by atoms with Crippen LogP contribution in [0.15, 0.2) is 0 Å². The third-order valence-corrected chi connectivity index (χ3v) is 2.34. The van der Waals surface area contributed by atoms with Crippen molar-refractivity contribution in [2.75, 3.05) is 20.1 Å². The molecule has 3 nitrogen and oxygen atoms in total. The predicted molar refractivity (Wildman–Crippen MR) is 71.6 cm³/mol. The third kappa shape index (κ3) is 8.72. The minimum absolute atomic E-state index is 0. The summed E-state index contributed by atoms with van der Waals surface area (Å²) in [6.07, 6.45) is 2.21. The van der Waals surface area contributed by atoms with Crippen molar-refractivity contribution >= 4 is 5.91 Å². The van der Waals surface area contributed by atoms with Crippen LogP contribution in [0.2, 0.25) is 0 Å². The minimum atomic E-state index is 0. The maximum Gasteiger partial charge on any atom is 0.224 e. The topological polar surface area (TPSA) is 32.3 Å². The number of rotatable bonds is 7. The van der Waals surface area contributed by atoms with E-state index in [1.807, 2.05) is 25.8 Å². The Labute approximate surface area is 102 Å². The van der Waals surface area contributed by atoms with Gasteiger partial charge in [0.25, 0.3) is 0 Å². The number of hydrogen-bond acceptors (Lipinski definition) is 2. The molecule has 0 atom stereocenters. The minimum Gasteiger partial charge on any atom is -0.346 e. The summed E-state index contributed by atoms with van der Waals surface area (Å²) >= 11 is 0. The summed E-state index contributed by atoms with van der Waals surface area (Å²) < 4.78 is 0. The molecule has 0 aromatic carbocycles. The molecule has 0 rings (SSSR count). The lowest BCUT2D eigenvalue weighted by atomic mass is 10.2. The molecule has 0 aliphatic heterocycles. The highest BCUT2D eigenvalue weighted by Crippen LogP contribution is 2.00. The second-order valence-electron chi connectivity index (χ2n) is 4.73. The van der Waals surface area contributed by atoms with Crippen LogP contribution in [0.1, 0.15) is 48.0 Å². The summed E-state index contributed by atoms with van der Waals surface area (Å²) in [4.78, 5) is 13.4. The van der Waals surface area contributed by atoms with Gasteiger partial charge in [-0.2, -0.15) is 0 Å². The lowest BCUT2D eigenvalue weighted by Crippen LogP contribution is -2.32. The van der Waals surface area contributed by atoms with Gasteiger partial charge >= 0.3 is 0 Å². The Balaban J connectivity index is 0. The zero-order valence-electron chi connectivity index (χ0n) is 10.8. The number of nitrogens with one attached hydrogen (secondary N) is 1. The average Bonchev–Trinajstić information content (AvgIpc) is 2.15. The molecule has 3 heteroatoms. The summed E-state index contributed by atoms with van der Waals surface area (Å²) in [7, 11) is 1.89. The SMILES string of the molecule is C.CC(C)NCCCCN(C)C(=O)C(C)C. The van der Waals surface area contributed by atoms with Gasteiger partial charge in [0.2, 0.25) is 5.91 Å². The first-order valence-electron chi connectivity index (χ1n) is 5.93. The third-order valence-electron chi connectivity index (χ3n) is 2.34. The van der Waals surface area contributed by atoms with E-state index in [9.17, 15) is 4.79 Å². The van der Waals surface area contributed by atoms with Crippen LogP contribution < -0.4 is 5.32 Å². The van der Waals surface area contributed by atoms with Crippen molar-refractivity contribution in [3.05, 3.63) is 0 Å². The van der Waals surface area contributed by atoms with Crippen LogP contribution >= 0.6 is 0 Å². The van der Waals surface area contributed by atoms with E-state index >= 15 is 0 Å². The number of unbranched alkanes of at least 4 members (excludes halogenated alkanes) is 1. The van der Waals surface area contributed by atoms with Crippen molar-refractivity contribution in [3.8, 4) is 0 Å². The average molecular weight is 230 g/mol. The molecule has 0 fully saturated rings. The first-order valence-corrected chi connectivity index (χ1v) is 5.93. The number of nitrogens with zero attached hydrogens (tertiary/aromatic N) is 1. The van der Waals surface area contributed by atoms with E-state index in [0.29, 0.717) is 6.04 Å². The molecule has 0 aliphatic carbocycles. The molecule has 0 heterocycles. The zero-order valence-corrected chi connectivity index (χ0v) is 10.8. The van der Waals surface area contributed by atoms with Crippen LogP contribution in [0.25, 0.3) is 0 Å². The smallest absolute Gasteiger partial charge is 0.224 e. The van der Waals surface area contributed by atoms with E-state index in [1.54, 1.807) is 0 Å². The molecule has 1 amide bonds. The second-order valence-corrected chi connectivity index (χ2v) is 4.73. The lowest BCUT2D eigenvalue weighted by Gasteiger charge is -2.19. The highest BCUT2D eigenvalue weighted by atomic mass is 16.2. The van der Waals surface area contributed by atoms with Crippen molar-refractivity contribution in [1.29, 1.82) is 0 Å². The molecule has 0 bridgehead atoms. The Bertz CT molecular complexity index is 179. The van der Waals surface area contributed by atoms with E-state index in [4.69, 9.17) is 0 Å². The van der Waals surface area contributed by atoms with Gasteiger partial charge < -0.3 is 10.2 Å². The lowest BCUT2D eigenvalue weighted by molar-refractivity contribution is -0.133. The molecule has 0 unspecified atom stereocenters. The standard InChI is InChI=1S/C12H26N2O.CH4/c1-10(2)12(15)14(5)9-7-6-8-13-11(3)4;/h10-11,13H,6-9H2,1-5H3;1H4. The Morgan fingerprint density at radius 1 is 1.19 bits per heavy atom. The predicted octanol–water partition coefficient (Wildman–Crippen LogP) is 2.52. The normalized spacial score (nSPS) is 10.4. The largest absolute Gasteiger partial charge is 0.346 e. The van der Waals surface area contributed by atoms with Crippen molar-refractivity contribution in [1.82, 2.24) is 10.2 Å². The monoisotopic (exact) mass is 230 g/mol. The molecule has 16 heavy (non-hydrogen) atoms. The fourth-order valence-electron chi connectivity index (χ4n) is 1.42. The van der Waals surface area contributed by atoms with E-state index in [2.05, 4.69) is 19.2 Å². The summed E-state index contributed by atoms with van der Waals surface area (Å²) in [5.74, 6) is 0.357. The number of carbonyl (C=O) groups is 1. The van der Waals surface area contributed by atoms with Gasteiger partial charge in [-0.1, -0.05) is 35.1 Å². The van der Waals surface area contributed by atoms with Crippen molar-refractivity contribution in [2.24, 2.45) is 5.92 Å². The number of amides is 1. The molecular weight excluding hydrogens is 200 g/mol. The molecule has 0 aromatic rings. The fraction of sp³-hybridized carbons (Fsp3) is 0.923. The fourth-order valence-corrected chi connectivity index (χ4v) is 1.42. The van der Waals surface area contributed by atoms with Gasteiger partial charge in [0.05, 0.1) is 0 Å². The Hall–Kier alpha value is -0.570. The van der Waals surface area contributed by atoms with Crippen LogP contribution in [0.5, 0.6) is 0 Å². The molecule has 0 aromatic heterocycles. The van der Waals surface area contributed by atoms with Gasteiger partial charge in [-0.25, -0.2) is 0 Å². The quantitative estimate of drug-likeness (QED) is 0.682. The number of hydrogen-bond donors (Lipinski definition) is 1. The van der Waals surface area contributed by atoms with Crippen molar-refractivity contribution in [2.45, 2.75) is 54.0 Å². The first kappa shape index (κ1) is 17.8. The molecule has 0 saturated carbocycles. The summed E-state index contributed by atoms with van der Waals surface area (Å²) in [5, 5.41) is 3.37. The first-order chi connectivity index (χ1) is 6.95. The number of carbonyl (C=O) groups excluding carboxylic acids is 1.